The quantitative estimate of drug-likeness (QED) is 0.412. The number of quaternary nitrogens is 2. The van der Waals surface area contributed by atoms with Crippen LogP contribution in [0.5, 0.6) is 0 Å². The number of rotatable bonds is 4. The zero-order valence-corrected chi connectivity index (χ0v) is 7.28. The van der Waals surface area contributed by atoms with Crippen molar-refractivity contribution >= 4 is 11.9 Å². The topological polar surface area (TPSA) is 174 Å². The highest BCUT2D eigenvalue weighted by Crippen LogP contribution is 1.93. The summed E-state index contributed by atoms with van der Waals surface area (Å²) in [6, 6.07) is -1.06. The van der Waals surface area contributed by atoms with Gasteiger partial charge < -0.3 is 28.2 Å². The Morgan fingerprint density at radius 3 is 1.92 bits per heavy atom. The molecule has 7 nitrogen and oxygen atoms in total. The fourth-order valence-electron chi connectivity index (χ4n) is 0.402. The minimum absolute atomic E-state index is 0. The second kappa shape index (κ2) is 7.92. The van der Waals surface area contributed by atoms with Crippen molar-refractivity contribution in [3.63, 3.8) is 0 Å². The summed E-state index contributed by atoms with van der Waals surface area (Å²) >= 11 is 0. The molecule has 0 amide bonds. The molecule has 0 radical (unpaired) electrons. The van der Waals surface area contributed by atoms with Gasteiger partial charge in [-0.3, -0.25) is 9.59 Å². The van der Waals surface area contributed by atoms with E-state index in [4.69, 9.17) is 15.9 Å². The van der Waals surface area contributed by atoms with Gasteiger partial charge >= 0.3 is 11.9 Å². The summed E-state index contributed by atoms with van der Waals surface area (Å²) in [5, 5.41) is 16.3. The van der Waals surface area contributed by atoms with Crippen molar-refractivity contribution in [2.75, 3.05) is 0 Å². The molecule has 0 rings (SSSR count). The first kappa shape index (κ1) is 17.1. The summed E-state index contributed by atoms with van der Waals surface area (Å²) < 4.78 is 0. The number of hydrogen-bond donors (Lipinski definition) is 5. The Morgan fingerprint density at radius 2 is 1.67 bits per heavy atom. The molecular weight excluding hydrogens is 166 g/mol. The lowest BCUT2D eigenvalue weighted by Crippen LogP contribution is -2.30. The van der Waals surface area contributed by atoms with Gasteiger partial charge in [-0.1, -0.05) is 0 Å². The third-order valence-corrected chi connectivity index (χ3v) is 0.986. The van der Waals surface area contributed by atoms with Gasteiger partial charge in [0.25, 0.3) is 0 Å². The zero-order valence-electron chi connectivity index (χ0n) is 7.28. The second-order valence-corrected chi connectivity index (χ2v) is 1.88. The maximum absolute atomic E-state index is 9.99. The van der Waals surface area contributed by atoms with E-state index in [9.17, 15) is 9.59 Å². The monoisotopic (exact) mass is 183 g/mol. The molecule has 0 aliphatic carbocycles. The number of hydrogen-bond acceptors (Lipinski definition) is 3. The summed E-state index contributed by atoms with van der Waals surface area (Å²) in [5.74, 6) is -2.20. The summed E-state index contributed by atoms with van der Waals surface area (Å²) in [4.78, 5) is 19.9. The van der Waals surface area contributed by atoms with Gasteiger partial charge in [-0.05, 0) is 6.42 Å². The van der Waals surface area contributed by atoms with Crippen LogP contribution in [-0.4, -0.2) is 28.2 Å². The van der Waals surface area contributed by atoms with Gasteiger partial charge in [0, 0.05) is 6.42 Å². The summed E-state index contributed by atoms with van der Waals surface area (Å²) in [6.45, 7) is 0. The van der Waals surface area contributed by atoms with E-state index in [-0.39, 0.29) is 25.1 Å². The van der Waals surface area contributed by atoms with Crippen molar-refractivity contribution in [2.45, 2.75) is 18.9 Å². The standard InChI is InChI=1S/C5H9NO4.2H3N/c6-3(5(9)10)1-2-4(7)8;;/h3H,1-2,6H2,(H,7,8)(H,9,10);2*1H3/p+2/t3-;;/m1../s1. The maximum Gasteiger partial charge on any atom is 0.320 e. The van der Waals surface area contributed by atoms with Gasteiger partial charge in [0.2, 0.25) is 0 Å². The third kappa shape index (κ3) is 8.82. The summed E-state index contributed by atoms with van der Waals surface area (Å²) in [7, 11) is 0. The molecule has 1 atom stereocenters. The Morgan fingerprint density at radius 1 is 1.25 bits per heavy atom. The lowest BCUT2D eigenvalue weighted by Gasteiger charge is -2.01. The van der Waals surface area contributed by atoms with E-state index >= 15 is 0 Å². The lowest BCUT2D eigenvalue weighted by atomic mass is 10.2. The molecule has 0 aliphatic heterocycles. The maximum atomic E-state index is 9.99. The fourth-order valence-corrected chi connectivity index (χ4v) is 0.402. The lowest BCUT2D eigenvalue weighted by molar-refractivity contribution is -0.139. The number of carbonyl (C=O) groups is 2. The molecule has 0 spiro atoms. The smallest absolute Gasteiger partial charge is 0.320 e. The zero-order chi connectivity index (χ0) is 8.15. The molecule has 7 heteroatoms. The van der Waals surface area contributed by atoms with E-state index < -0.39 is 18.0 Å². The van der Waals surface area contributed by atoms with E-state index in [1.165, 1.54) is 0 Å². The van der Waals surface area contributed by atoms with Crippen LogP contribution in [0.2, 0.25) is 0 Å². The minimum Gasteiger partial charge on any atom is -0.481 e. The Bertz CT molecular complexity index is 150. The molecule has 0 fully saturated rings. The Balaban J connectivity index is -0.000000405. The van der Waals surface area contributed by atoms with Crippen molar-refractivity contribution in [3.8, 4) is 0 Å². The highest BCUT2D eigenvalue weighted by Gasteiger charge is 2.12. The largest absolute Gasteiger partial charge is 0.481 e. The van der Waals surface area contributed by atoms with Crippen LogP contribution in [0.3, 0.4) is 0 Å². The Hall–Kier alpha value is -1.18. The molecule has 0 bridgehead atoms. The van der Waals surface area contributed by atoms with E-state index in [0.29, 0.717) is 0 Å². The van der Waals surface area contributed by atoms with Crippen LogP contribution in [0.15, 0.2) is 0 Å². The normalized spacial score (nSPS) is 10.4. The van der Waals surface area contributed by atoms with Crippen LogP contribution in [0.4, 0.5) is 0 Å². The number of nitrogens with two attached hydrogens (primary N) is 1. The van der Waals surface area contributed by atoms with Crippen LogP contribution in [0, 0.1) is 0 Å². The van der Waals surface area contributed by atoms with E-state index in [0.717, 1.165) is 0 Å². The van der Waals surface area contributed by atoms with Crippen LogP contribution >= 0.6 is 0 Å². The molecule has 12 heavy (non-hydrogen) atoms. The van der Waals surface area contributed by atoms with Crippen LogP contribution in [0.25, 0.3) is 0 Å². The van der Waals surface area contributed by atoms with Crippen molar-refractivity contribution in [1.82, 2.24) is 12.3 Å². The first-order valence-corrected chi connectivity index (χ1v) is 2.74. The Kier molecular flexibility index (Phi) is 11.3. The third-order valence-electron chi connectivity index (χ3n) is 0.986. The van der Waals surface area contributed by atoms with Crippen LogP contribution in [0.1, 0.15) is 12.8 Å². The highest BCUT2D eigenvalue weighted by atomic mass is 16.4. The molecule has 0 aliphatic rings. The predicted octanol–water partition coefficient (Wildman–Crippen LogP) is 0.0155. The van der Waals surface area contributed by atoms with Crippen molar-refractivity contribution < 1.29 is 19.8 Å². The van der Waals surface area contributed by atoms with Crippen molar-refractivity contribution in [3.05, 3.63) is 0 Å². The molecule has 0 aromatic rings. The number of carboxylic acids is 2. The molecule has 0 saturated carbocycles. The molecular formula is C5H17N3O4+2. The van der Waals surface area contributed by atoms with Crippen LogP contribution in [-0.2, 0) is 9.59 Å². The van der Waals surface area contributed by atoms with Gasteiger partial charge in [0.05, 0.1) is 0 Å². The molecule has 12 N–H and O–H groups in total. The first-order chi connectivity index (χ1) is 4.54. The minimum atomic E-state index is -1.17. The molecule has 0 heterocycles. The second-order valence-electron chi connectivity index (χ2n) is 1.88. The highest BCUT2D eigenvalue weighted by molar-refractivity contribution is 5.74. The van der Waals surface area contributed by atoms with Gasteiger partial charge in [-0.25, -0.2) is 0 Å². The SMILES string of the molecule is N[C@H](CCC(=O)O)C(=O)O.[NH4+].[NH4+]. The van der Waals surface area contributed by atoms with Gasteiger partial charge in [-0.2, -0.15) is 0 Å². The fraction of sp³-hybridized carbons (Fsp3) is 0.600. The average molecular weight is 183 g/mol. The molecule has 0 aromatic carbocycles. The first-order valence-electron chi connectivity index (χ1n) is 2.74. The molecule has 0 unspecified atom stereocenters. The number of aliphatic carboxylic acids is 2. The molecule has 0 saturated heterocycles. The molecule has 74 valence electrons. The van der Waals surface area contributed by atoms with Gasteiger partial charge in [0.15, 0.2) is 0 Å². The Labute approximate surface area is 69.7 Å². The average Bonchev–Trinajstić information content (AvgIpc) is 1.82. The molecule has 0 aromatic heterocycles. The van der Waals surface area contributed by atoms with Crippen LogP contribution < -0.4 is 18.0 Å². The van der Waals surface area contributed by atoms with E-state index in [1.807, 2.05) is 0 Å². The van der Waals surface area contributed by atoms with E-state index in [1.54, 1.807) is 0 Å². The van der Waals surface area contributed by atoms with Crippen molar-refractivity contribution in [1.29, 1.82) is 0 Å². The van der Waals surface area contributed by atoms with E-state index in [2.05, 4.69) is 0 Å². The summed E-state index contributed by atoms with van der Waals surface area (Å²) in [6.07, 6.45) is -0.224. The van der Waals surface area contributed by atoms with Gasteiger partial charge in [-0.15, -0.1) is 0 Å². The summed E-state index contributed by atoms with van der Waals surface area (Å²) in [5.41, 5.74) is 5.00. The van der Waals surface area contributed by atoms with Crippen molar-refractivity contribution in [2.24, 2.45) is 5.73 Å². The number of carboxylic acid groups (broad SMARTS) is 2. The predicted molar refractivity (Wildman–Crippen MR) is 44.5 cm³/mol. The van der Waals surface area contributed by atoms with Gasteiger partial charge in [0.1, 0.15) is 6.04 Å².